The van der Waals surface area contributed by atoms with E-state index in [4.69, 9.17) is 0 Å². The first kappa shape index (κ1) is 21.1. The molecule has 158 valence electrons. The molecule has 6 nitrogen and oxygen atoms in total. The third kappa shape index (κ3) is 3.96. The van der Waals surface area contributed by atoms with E-state index in [9.17, 15) is 13.2 Å². The van der Waals surface area contributed by atoms with E-state index in [1.807, 2.05) is 55.3 Å². The fourth-order valence-electron chi connectivity index (χ4n) is 3.36. The number of likely N-dealkylation sites (N-methyl/N-ethyl adjacent to an activating group) is 1. The summed E-state index contributed by atoms with van der Waals surface area (Å²) in [6, 6.07) is 14.3. The van der Waals surface area contributed by atoms with Gasteiger partial charge in [-0.05, 0) is 48.5 Å². The lowest BCUT2D eigenvalue weighted by atomic mass is 10.1. The van der Waals surface area contributed by atoms with Gasteiger partial charge in [0.05, 0.1) is 10.6 Å². The van der Waals surface area contributed by atoms with E-state index in [2.05, 4.69) is 11.0 Å². The van der Waals surface area contributed by atoms with Crippen LogP contribution in [0.15, 0.2) is 87.2 Å². The Hall–Kier alpha value is -3.10. The second-order valence-corrected chi connectivity index (χ2v) is 9.72. The summed E-state index contributed by atoms with van der Waals surface area (Å²) in [6.45, 7) is 5.73. The largest absolute Gasteiger partial charge is 0.343 e. The van der Waals surface area contributed by atoms with Crippen molar-refractivity contribution in [1.29, 1.82) is 0 Å². The third-order valence-corrected chi connectivity index (χ3v) is 7.48. The second kappa shape index (κ2) is 8.20. The maximum atomic E-state index is 13.2. The van der Waals surface area contributed by atoms with Crippen LogP contribution >= 0.6 is 11.8 Å². The molecule has 0 N–H and O–H groups in total. The maximum absolute atomic E-state index is 13.2. The van der Waals surface area contributed by atoms with Crippen molar-refractivity contribution in [2.45, 2.75) is 11.8 Å². The smallest absolute Gasteiger partial charge is 0.284 e. The molecule has 1 saturated heterocycles. The van der Waals surface area contributed by atoms with Crippen molar-refractivity contribution in [3.63, 3.8) is 0 Å². The molecular weight excluding hydrogens is 430 g/mol. The predicted octanol–water partition coefficient (Wildman–Crippen LogP) is 4.18. The van der Waals surface area contributed by atoms with Gasteiger partial charge in [0.15, 0.2) is 5.17 Å². The van der Waals surface area contributed by atoms with Crippen molar-refractivity contribution in [2.75, 3.05) is 18.5 Å². The Morgan fingerprint density at radius 2 is 1.81 bits per heavy atom. The number of thioether (sulfide) groups is 1. The van der Waals surface area contributed by atoms with Crippen LogP contribution in [0.1, 0.15) is 11.1 Å². The fraction of sp³-hybridized carbons (Fsp3) is 0.130. The zero-order valence-electron chi connectivity index (χ0n) is 17.1. The van der Waals surface area contributed by atoms with E-state index in [-0.39, 0.29) is 22.5 Å². The molecule has 0 aromatic heterocycles. The van der Waals surface area contributed by atoms with Gasteiger partial charge in [0, 0.05) is 19.3 Å². The molecule has 4 rings (SSSR count). The zero-order valence-corrected chi connectivity index (χ0v) is 18.8. The topological polar surface area (TPSA) is 70.1 Å². The molecule has 2 aromatic carbocycles. The lowest BCUT2D eigenvalue weighted by Crippen LogP contribution is -2.31. The molecule has 2 aliphatic heterocycles. The number of amides is 1. The van der Waals surface area contributed by atoms with Gasteiger partial charge < -0.3 is 4.90 Å². The van der Waals surface area contributed by atoms with Gasteiger partial charge in [-0.25, -0.2) is 0 Å². The Morgan fingerprint density at radius 3 is 2.52 bits per heavy atom. The molecule has 1 fully saturated rings. The van der Waals surface area contributed by atoms with Crippen LogP contribution in [0.25, 0.3) is 6.08 Å². The Kier molecular flexibility index (Phi) is 5.60. The number of carbonyl (C=O) groups is 1. The van der Waals surface area contributed by atoms with E-state index >= 15 is 0 Å². The van der Waals surface area contributed by atoms with Crippen molar-refractivity contribution < 1.29 is 13.2 Å². The molecule has 2 aromatic rings. The standard InChI is InChI=1S/C23H21N3O3S2/c1-4-15-26-22(27)21(20-14-11-17-7-5-6-8-19(17)25(20)3)30-23(26)24-31(28,29)18-12-9-16(2)10-13-18/h4-14H,1,15H2,2-3H3/b21-20-,24-23?. The minimum Gasteiger partial charge on any atom is -0.343 e. The normalized spacial score (nSPS) is 19.8. The van der Waals surface area contributed by atoms with E-state index < -0.39 is 10.0 Å². The Morgan fingerprint density at radius 1 is 1.10 bits per heavy atom. The van der Waals surface area contributed by atoms with Gasteiger partial charge in [0.25, 0.3) is 15.9 Å². The number of amidine groups is 1. The monoisotopic (exact) mass is 451 g/mol. The third-order valence-electron chi connectivity index (χ3n) is 5.01. The lowest BCUT2D eigenvalue weighted by Gasteiger charge is -2.27. The highest BCUT2D eigenvalue weighted by atomic mass is 32.2. The lowest BCUT2D eigenvalue weighted by molar-refractivity contribution is -0.121. The second-order valence-electron chi connectivity index (χ2n) is 7.13. The molecule has 0 bridgehead atoms. The van der Waals surface area contributed by atoms with E-state index in [1.165, 1.54) is 17.0 Å². The molecule has 2 heterocycles. The van der Waals surface area contributed by atoms with Crippen molar-refractivity contribution >= 4 is 44.6 Å². The van der Waals surface area contributed by atoms with E-state index in [0.717, 1.165) is 28.6 Å². The van der Waals surface area contributed by atoms with Crippen molar-refractivity contribution in [3.05, 3.63) is 89.0 Å². The number of rotatable bonds is 4. The van der Waals surface area contributed by atoms with Crippen molar-refractivity contribution in [3.8, 4) is 0 Å². The SMILES string of the molecule is C=CCN1C(=O)/C(=C2\C=Cc3ccccc3N2C)SC1=NS(=O)(=O)c1ccc(C)cc1. The first-order valence-electron chi connectivity index (χ1n) is 9.59. The average Bonchev–Trinajstić information content (AvgIpc) is 3.04. The number of hydrogen-bond donors (Lipinski definition) is 0. The molecule has 8 heteroatoms. The van der Waals surface area contributed by atoms with Crippen LogP contribution < -0.4 is 4.90 Å². The van der Waals surface area contributed by atoms with E-state index in [1.54, 1.807) is 18.2 Å². The number of allylic oxidation sites excluding steroid dienone is 1. The summed E-state index contributed by atoms with van der Waals surface area (Å²) in [6.07, 6.45) is 5.36. The first-order valence-corrected chi connectivity index (χ1v) is 11.8. The summed E-state index contributed by atoms with van der Waals surface area (Å²) >= 11 is 1.06. The fourth-order valence-corrected chi connectivity index (χ4v) is 5.65. The molecule has 31 heavy (non-hydrogen) atoms. The van der Waals surface area contributed by atoms with Gasteiger partial charge in [-0.15, -0.1) is 11.0 Å². The molecule has 0 radical (unpaired) electrons. The van der Waals surface area contributed by atoms with Gasteiger partial charge in [-0.2, -0.15) is 8.42 Å². The van der Waals surface area contributed by atoms with Crippen LogP contribution in [0.2, 0.25) is 0 Å². The average molecular weight is 452 g/mol. The van der Waals surface area contributed by atoms with Crippen LogP contribution in [0.3, 0.4) is 0 Å². The number of benzene rings is 2. The minimum absolute atomic E-state index is 0.0851. The summed E-state index contributed by atoms with van der Waals surface area (Å²) in [4.78, 5) is 17.0. The molecule has 2 aliphatic rings. The molecule has 0 saturated carbocycles. The Balaban J connectivity index is 1.77. The van der Waals surface area contributed by atoms with Crippen LogP contribution in [0, 0.1) is 6.92 Å². The number of para-hydroxylation sites is 1. The molecular formula is C23H21N3O3S2. The number of nitrogens with zero attached hydrogens (tertiary/aromatic N) is 3. The quantitative estimate of drug-likeness (QED) is 0.515. The van der Waals surface area contributed by atoms with Crippen LogP contribution in [0.5, 0.6) is 0 Å². The van der Waals surface area contributed by atoms with Gasteiger partial charge in [-0.3, -0.25) is 9.69 Å². The van der Waals surface area contributed by atoms with E-state index in [0.29, 0.717) is 10.6 Å². The highest BCUT2D eigenvalue weighted by Crippen LogP contribution is 2.39. The number of sulfonamides is 1. The van der Waals surface area contributed by atoms with Crippen molar-refractivity contribution in [1.82, 2.24) is 4.90 Å². The Labute approximate surface area is 186 Å². The molecule has 0 atom stereocenters. The summed E-state index contributed by atoms with van der Waals surface area (Å²) in [5, 5.41) is 0.119. The number of aryl methyl sites for hydroxylation is 1. The first-order chi connectivity index (χ1) is 14.8. The minimum atomic E-state index is -3.97. The van der Waals surface area contributed by atoms with Crippen LogP contribution in [-0.4, -0.2) is 38.0 Å². The van der Waals surface area contributed by atoms with Crippen molar-refractivity contribution in [2.24, 2.45) is 4.40 Å². The summed E-state index contributed by atoms with van der Waals surface area (Å²) in [7, 11) is -2.08. The highest BCUT2D eigenvalue weighted by molar-refractivity contribution is 8.19. The van der Waals surface area contributed by atoms with Gasteiger partial charge in [0.1, 0.15) is 4.91 Å². The zero-order chi connectivity index (χ0) is 22.2. The van der Waals surface area contributed by atoms with Gasteiger partial charge in [0.2, 0.25) is 0 Å². The number of fused-ring (bicyclic) bond motifs is 1. The molecule has 0 spiro atoms. The number of anilines is 1. The number of carbonyl (C=O) groups excluding carboxylic acids is 1. The molecule has 0 unspecified atom stereocenters. The summed E-state index contributed by atoms with van der Waals surface area (Å²) in [5.41, 5.74) is 3.66. The summed E-state index contributed by atoms with van der Waals surface area (Å²) < 4.78 is 29.7. The van der Waals surface area contributed by atoms with Crippen LogP contribution in [-0.2, 0) is 14.8 Å². The Bertz CT molecular complexity index is 1260. The highest BCUT2D eigenvalue weighted by Gasteiger charge is 2.37. The van der Waals surface area contributed by atoms with Crippen LogP contribution in [0.4, 0.5) is 5.69 Å². The van der Waals surface area contributed by atoms with Gasteiger partial charge >= 0.3 is 0 Å². The van der Waals surface area contributed by atoms with Gasteiger partial charge in [-0.1, -0.05) is 48.0 Å². The molecule has 1 amide bonds. The predicted molar refractivity (Wildman–Crippen MR) is 126 cm³/mol. The summed E-state index contributed by atoms with van der Waals surface area (Å²) in [5.74, 6) is -0.298. The number of hydrogen-bond acceptors (Lipinski definition) is 5. The molecule has 0 aliphatic carbocycles. The maximum Gasteiger partial charge on any atom is 0.284 e.